The summed E-state index contributed by atoms with van der Waals surface area (Å²) in [5, 5.41) is 2.82. The number of aryl methyl sites for hydroxylation is 1. The van der Waals surface area contributed by atoms with Gasteiger partial charge in [-0.25, -0.2) is 14.8 Å². The van der Waals surface area contributed by atoms with Gasteiger partial charge >= 0.3 is 6.16 Å². The molecule has 0 saturated carbocycles. The van der Waals surface area contributed by atoms with Crippen molar-refractivity contribution in [3.8, 4) is 16.9 Å². The second kappa shape index (κ2) is 10.8. The highest BCUT2D eigenvalue weighted by Crippen LogP contribution is 2.31. The lowest BCUT2D eigenvalue weighted by Crippen LogP contribution is -2.26. The predicted octanol–water partition coefficient (Wildman–Crippen LogP) is 6.37. The highest BCUT2D eigenvalue weighted by Gasteiger charge is 2.19. The van der Waals surface area contributed by atoms with E-state index in [9.17, 15) is 9.59 Å². The molecule has 2 heterocycles. The van der Waals surface area contributed by atoms with Gasteiger partial charge in [0.25, 0.3) is 0 Å². The van der Waals surface area contributed by atoms with E-state index < -0.39 is 11.8 Å². The zero-order valence-corrected chi connectivity index (χ0v) is 21.9. The zero-order chi connectivity index (χ0) is 26.6. The van der Waals surface area contributed by atoms with E-state index in [1.807, 2.05) is 48.5 Å². The summed E-state index contributed by atoms with van der Waals surface area (Å²) >= 11 is 0. The smallest absolute Gasteiger partial charge is 0.428 e. The van der Waals surface area contributed by atoms with Gasteiger partial charge in [-0.05, 0) is 50.1 Å². The number of ether oxygens (including phenoxy) is 2. The zero-order valence-electron chi connectivity index (χ0n) is 21.9. The van der Waals surface area contributed by atoms with Crippen molar-refractivity contribution in [2.24, 2.45) is 0 Å². The summed E-state index contributed by atoms with van der Waals surface area (Å²) in [4.78, 5) is 33.5. The lowest BCUT2D eigenvalue weighted by atomic mass is 10.0. The van der Waals surface area contributed by atoms with Crippen LogP contribution < -0.4 is 10.1 Å². The lowest BCUT2D eigenvalue weighted by molar-refractivity contribution is -0.115. The molecule has 0 aliphatic rings. The number of hydrogen-bond acceptors (Lipinski definition) is 6. The normalized spacial score (nSPS) is 11.4. The molecule has 0 saturated heterocycles. The van der Waals surface area contributed by atoms with Crippen LogP contribution in [-0.2, 0) is 22.5 Å². The summed E-state index contributed by atoms with van der Waals surface area (Å²) < 4.78 is 12.9. The van der Waals surface area contributed by atoms with Gasteiger partial charge in [-0.2, -0.15) is 0 Å². The number of nitrogens with one attached hydrogen (secondary N) is 1. The van der Waals surface area contributed by atoms with Crippen LogP contribution in [0.3, 0.4) is 0 Å². The first kappa shape index (κ1) is 25.9. The van der Waals surface area contributed by atoms with Gasteiger partial charge in [0.2, 0.25) is 5.91 Å². The van der Waals surface area contributed by atoms with Gasteiger partial charge in [-0.15, -0.1) is 0 Å². The number of para-hydroxylation sites is 1. The number of hydrogen-bond donors (Lipinski definition) is 1. The number of imidazole rings is 1. The van der Waals surface area contributed by atoms with E-state index in [4.69, 9.17) is 14.5 Å². The average molecular weight is 501 g/mol. The fraction of sp³-hybridized carbons (Fsp3) is 0.310. The van der Waals surface area contributed by atoms with Gasteiger partial charge < -0.3 is 19.4 Å². The Bertz CT molecular complexity index is 1420. The summed E-state index contributed by atoms with van der Waals surface area (Å²) in [6.07, 6.45) is 0.399. The summed E-state index contributed by atoms with van der Waals surface area (Å²) in [5.41, 5.74) is 3.65. The number of fused-ring (bicyclic) bond motifs is 1. The van der Waals surface area contributed by atoms with Gasteiger partial charge in [0.1, 0.15) is 28.5 Å². The minimum atomic E-state index is -0.738. The molecule has 0 atom stereocenters. The van der Waals surface area contributed by atoms with E-state index in [1.165, 1.54) is 0 Å². The Labute approximate surface area is 216 Å². The summed E-state index contributed by atoms with van der Waals surface area (Å²) in [7, 11) is 0. The van der Waals surface area contributed by atoms with Crippen LogP contribution in [0.15, 0.2) is 60.7 Å². The molecule has 0 aliphatic carbocycles. The third-order valence-corrected chi connectivity index (χ3v) is 5.65. The molecule has 0 radical (unpaired) electrons. The topological polar surface area (TPSA) is 95.3 Å². The standard InChI is InChI=1S/C29H32N4O4/c1-6-25-30-22-16-17-24(31-26(34)7-2)32-27(22)33(25)18-19-12-14-20(15-13-19)21-10-8-9-11-23(21)36-28(35)37-29(3,4)5/h8-17H,6-7,18H2,1-5H3,(H,31,32,34). The summed E-state index contributed by atoms with van der Waals surface area (Å²) in [6, 6.07) is 19.1. The molecule has 2 aromatic carbocycles. The number of rotatable bonds is 7. The van der Waals surface area contributed by atoms with Crippen LogP contribution in [0.4, 0.5) is 10.6 Å². The number of nitrogens with zero attached hydrogens (tertiary/aromatic N) is 3. The van der Waals surface area contributed by atoms with Crippen molar-refractivity contribution in [3.63, 3.8) is 0 Å². The number of amides is 1. The molecule has 2 aromatic heterocycles. The Hall–Kier alpha value is -4.20. The molecule has 8 nitrogen and oxygen atoms in total. The molecular weight excluding hydrogens is 468 g/mol. The molecule has 0 spiro atoms. The molecule has 0 fully saturated rings. The second-order valence-electron chi connectivity index (χ2n) is 9.67. The van der Waals surface area contributed by atoms with E-state index in [0.717, 1.165) is 40.1 Å². The first-order chi connectivity index (χ1) is 17.7. The highest BCUT2D eigenvalue weighted by molar-refractivity contribution is 5.90. The third-order valence-electron chi connectivity index (χ3n) is 5.65. The van der Waals surface area contributed by atoms with Crippen LogP contribution in [0.1, 0.15) is 52.4 Å². The van der Waals surface area contributed by atoms with Crippen molar-refractivity contribution in [1.29, 1.82) is 0 Å². The molecule has 1 N–H and O–H groups in total. The maximum absolute atomic E-state index is 12.2. The average Bonchev–Trinajstić information content (AvgIpc) is 3.20. The van der Waals surface area contributed by atoms with Crippen LogP contribution >= 0.6 is 0 Å². The fourth-order valence-corrected chi connectivity index (χ4v) is 3.91. The van der Waals surface area contributed by atoms with Crippen molar-refractivity contribution < 1.29 is 19.1 Å². The molecule has 0 bridgehead atoms. The Morgan fingerprint density at radius 2 is 1.68 bits per heavy atom. The SMILES string of the molecule is CCC(=O)Nc1ccc2nc(CC)n(Cc3ccc(-c4ccccc4OC(=O)OC(C)(C)C)cc3)c2n1. The van der Waals surface area contributed by atoms with E-state index in [-0.39, 0.29) is 5.91 Å². The Balaban J connectivity index is 1.59. The number of benzene rings is 2. The van der Waals surface area contributed by atoms with Gasteiger partial charge in [0, 0.05) is 18.4 Å². The lowest BCUT2D eigenvalue weighted by Gasteiger charge is -2.19. The predicted molar refractivity (Wildman–Crippen MR) is 144 cm³/mol. The van der Waals surface area contributed by atoms with Gasteiger partial charge in [0.15, 0.2) is 5.65 Å². The largest absolute Gasteiger partial charge is 0.514 e. The maximum atomic E-state index is 12.2. The minimum Gasteiger partial charge on any atom is -0.428 e. The van der Waals surface area contributed by atoms with Gasteiger partial charge in [-0.3, -0.25) is 4.79 Å². The third kappa shape index (κ3) is 6.33. The molecule has 0 unspecified atom stereocenters. The Morgan fingerprint density at radius 1 is 0.946 bits per heavy atom. The summed E-state index contributed by atoms with van der Waals surface area (Å²) in [6.45, 7) is 9.83. The number of pyridine rings is 1. The molecule has 37 heavy (non-hydrogen) atoms. The van der Waals surface area contributed by atoms with E-state index >= 15 is 0 Å². The van der Waals surface area contributed by atoms with Crippen LogP contribution in [0, 0.1) is 0 Å². The van der Waals surface area contributed by atoms with Crippen molar-refractivity contribution in [3.05, 3.63) is 72.1 Å². The van der Waals surface area contributed by atoms with E-state index in [2.05, 4.69) is 21.8 Å². The minimum absolute atomic E-state index is 0.0832. The molecular formula is C29H32N4O4. The van der Waals surface area contributed by atoms with E-state index in [1.54, 1.807) is 39.8 Å². The molecule has 0 aliphatic heterocycles. The van der Waals surface area contributed by atoms with Crippen LogP contribution in [-0.4, -0.2) is 32.2 Å². The quantitative estimate of drug-likeness (QED) is 0.234. The molecule has 192 valence electrons. The fourth-order valence-electron chi connectivity index (χ4n) is 3.91. The molecule has 8 heteroatoms. The molecule has 4 aromatic rings. The van der Waals surface area contributed by atoms with Gasteiger partial charge in [0.05, 0.1) is 6.54 Å². The van der Waals surface area contributed by atoms with Gasteiger partial charge in [-0.1, -0.05) is 56.3 Å². The van der Waals surface area contributed by atoms with Crippen molar-refractivity contribution in [1.82, 2.24) is 14.5 Å². The van der Waals surface area contributed by atoms with Crippen LogP contribution in [0.5, 0.6) is 5.75 Å². The first-order valence-electron chi connectivity index (χ1n) is 12.4. The first-order valence-corrected chi connectivity index (χ1v) is 12.4. The van der Waals surface area contributed by atoms with Crippen LogP contribution in [0.2, 0.25) is 0 Å². The summed E-state index contributed by atoms with van der Waals surface area (Å²) in [5.74, 6) is 1.78. The molecule has 4 rings (SSSR count). The second-order valence-corrected chi connectivity index (χ2v) is 9.67. The van der Waals surface area contributed by atoms with Crippen molar-refractivity contribution in [2.45, 2.75) is 59.6 Å². The Kier molecular flexibility index (Phi) is 7.57. The highest BCUT2D eigenvalue weighted by atomic mass is 16.7. The van der Waals surface area contributed by atoms with Crippen LogP contribution in [0.25, 0.3) is 22.3 Å². The Morgan fingerprint density at radius 3 is 2.35 bits per heavy atom. The maximum Gasteiger partial charge on any atom is 0.514 e. The number of carbonyl (C=O) groups is 2. The van der Waals surface area contributed by atoms with Crippen molar-refractivity contribution in [2.75, 3.05) is 5.32 Å². The van der Waals surface area contributed by atoms with E-state index in [0.29, 0.717) is 24.5 Å². The number of aromatic nitrogens is 3. The number of carbonyl (C=O) groups excluding carboxylic acids is 2. The molecule has 1 amide bonds. The monoisotopic (exact) mass is 500 g/mol. The van der Waals surface area contributed by atoms with Crippen molar-refractivity contribution >= 4 is 29.0 Å². The number of anilines is 1.